The molecule has 0 saturated carbocycles. The van der Waals surface area contributed by atoms with Crippen molar-refractivity contribution >= 4 is 5.97 Å². The van der Waals surface area contributed by atoms with Gasteiger partial charge in [0.1, 0.15) is 17.3 Å². The zero-order valence-electron chi connectivity index (χ0n) is 14.2. The van der Waals surface area contributed by atoms with E-state index in [0.29, 0.717) is 36.8 Å². The molecule has 1 aliphatic carbocycles. The smallest absolute Gasteiger partial charge is 0.305 e. The van der Waals surface area contributed by atoms with Crippen LogP contribution >= 0.6 is 0 Å². The fraction of sp³-hybridized carbons (Fsp3) is 0.421. The number of nitrogens with zero attached hydrogens (tertiary/aromatic N) is 2. The Balaban J connectivity index is 1.80. The molecule has 0 fully saturated rings. The van der Waals surface area contributed by atoms with Gasteiger partial charge in [0.2, 0.25) is 5.88 Å². The lowest BCUT2D eigenvalue weighted by Gasteiger charge is -2.13. The van der Waals surface area contributed by atoms with E-state index >= 15 is 0 Å². The summed E-state index contributed by atoms with van der Waals surface area (Å²) < 4.78 is 16.1. The highest BCUT2D eigenvalue weighted by Gasteiger charge is 2.26. The average Bonchev–Trinajstić information content (AvgIpc) is 3.29. The van der Waals surface area contributed by atoms with Crippen LogP contribution in [0, 0.1) is 11.3 Å². The van der Waals surface area contributed by atoms with Gasteiger partial charge in [-0.25, -0.2) is 4.98 Å². The fourth-order valence-electron chi connectivity index (χ4n) is 3.09. The molecule has 0 spiro atoms. The number of furan rings is 1. The lowest BCUT2D eigenvalue weighted by molar-refractivity contribution is -0.143. The van der Waals surface area contributed by atoms with Crippen LogP contribution in [0.15, 0.2) is 22.8 Å². The van der Waals surface area contributed by atoms with Gasteiger partial charge in [0.05, 0.1) is 19.5 Å². The van der Waals surface area contributed by atoms with E-state index in [4.69, 9.17) is 13.9 Å². The highest BCUT2D eigenvalue weighted by atomic mass is 16.5. The third-order valence-electron chi connectivity index (χ3n) is 4.17. The van der Waals surface area contributed by atoms with E-state index in [1.807, 2.05) is 12.1 Å². The van der Waals surface area contributed by atoms with Crippen molar-refractivity contribution in [3.8, 4) is 23.4 Å². The van der Waals surface area contributed by atoms with E-state index in [1.165, 1.54) is 0 Å². The quantitative estimate of drug-likeness (QED) is 0.567. The molecule has 0 amide bonds. The Kier molecular flexibility index (Phi) is 5.34. The molecule has 0 radical (unpaired) electrons. The molecule has 0 N–H and O–H groups in total. The SMILES string of the molecule is CCOC(=O)CCCOc1nc(-c2ccco2)c2c(c1C#N)CCC2. The number of esters is 1. The molecule has 1 aliphatic rings. The Morgan fingerprint density at radius 1 is 1.40 bits per heavy atom. The summed E-state index contributed by atoms with van der Waals surface area (Å²) in [7, 11) is 0. The summed E-state index contributed by atoms with van der Waals surface area (Å²) in [4.78, 5) is 15.9. The Morgan fingerprint density at radius 3 is 2.96 bits per heavy atom. The molecule has 6 heteroatoms. The number of aromatic nitrogens is 1. The number of pyridine rings is 1. The van der Waals surface area contributed by atoms with Gasteiger partial charge in [0.15, 0.2) is 5.76 Å². The van der Waals surface area contributed by atoms with Gasteiger partial charge in [0.25, 0.3) is 0 Å². The molecule has 2 aromatic rings. The molecule has 6 nitrogen and oxygen atoms in total. The number of fused-ring (bicyclic) bond motifs is 1. The van der Waals surface area contributed by atoms with E-state index in [0.717, 1.165) is 36.1 Å². The van der Waals surface area contributed by atoms with Gasteiger partial charge in [-0.05, 0) is 55.9 Å². The molecule has 130 valence electrons. The van der Waals surface area contributed by atoms with E-state index in [2.05, 4.69) is 11.1 Å². The summed E-state index contributed by atoms with van der Waals surface area (Å²) in [5.74, 6) is 0.752. The summed E-state index contributed by atoms with van der Waals surface area (Å²) in [6.45, 7) is 2.45. The summed E-state index contributed by atoms with van der Waals surface area (Å²) >= 11 is 0. The fourth-order valence-corrected chi connectivity index (χ4v) is 3.09. The van der Waals surface area contributed by atoms with E-state index in [-0.39, 0.29) is 12.4 Å². The van der Waals surface area contributed by atoms with Crippen LogP contribution in [0.5, 0.6) is 5.88 Å². The van der Waals surface area contributed by atoms with Gasteiger partial charge >= 0.3 is 5.97 Å². The normalized spacial score (nSPS) is 12.5. The minimum Gasteiger partial charge on any atom is -0.477 e. The number of ether oxygens (including phenoxy) is 2. The minimum atomic E-state index is -0.246. The van der Waals surface area contributed by atoms with Gasteiger partial charge in [-0.2, -0.15) is 5.26 Å². The summed E-state index contributed by atoms with van der Waals surface area (Å²) in [6, 6.07) is 5.90. The molecule has 0 atom stereocenters. The predicted molar refractivity (Wildman–Crippen MR) is 90.0 cm³/mol. The van der Waals surface area contributed by atoms with Crippen molar-refractivity contribution in [1.29, 1.82) is 5.26 Å². The number of hydrogen-bond donors (Lipinski definition) is 0. The van der Waals surface area contributed by atoms with E-state index in [9.17, 15) is 10.1 Å². The van der Waals surface area contributed by atoms with E-state index in [1.54, 1.807) is 13.2 Å². The summed E-state index contributed by atoms with van der Waals surface area (Å²) in [6.07, 6.45) is 5.12. The first-order chi connectivity index (χ1) is 12.2. The molecule has 2 aromatic heterocycles. The number of rotatable bonds is 7. The number of nitriles is 1. The number of hydrogen-bond acceptors (Lipinski definition) is 6. The molecule has 2 heterocycles. The molecule has 0 aliphatic heterocycles. The Bertz CT molecular complexity index is 791. The Labute approximate surface area is 146 Å². The maximum absolute atomic E-state index is 11.4. The molecule has 0 unspecified atom stereocenters. The first kappa shape index (κ1) is 17.0. The van der Waals surface area contributed by atoms with Crippen LogP contribution in [0.1, 0.15) is 42.9 Å². The average molecular weight is 340 g/mol. The van der Waals surface area contributed by atoms with Crippen molar-refractivity contribution in [2.75, 3.05) is 13.2 Å². The van der Waals surface area contributed by atoms with Gasteiger partial charge < -0.3 is 13.9 Å². The van der Waals surface area contributed by atoms with Crippen LogP contribution in [0.25, 0.3) is 11.5 Å². The number of carbonyl (C=O) groups is 1. The van der Waals surface area contributed by atoms with Crippen LogP contribution in [0.4, 0.5) is 0 Å². The van der Waals surface area contributed by atoms with Gasteiger partial charge in [0, 0.05) is 6.42 Å². The third-order valence-corrected chi connectivity index (χ3v) is 4.17. The lowest BCUT2D eigenvalue weighted by Crippen LogP contribution is -2.09. The minimum absolute atomic E-state index is 0.246. The molecule has 0 bridgehead atoms. The number of carbonyl (C=O) groups excluding carboxylic acids is 1. The van der Waals surface area contributed by atoms with Crippen LogP contribution in [0.3, 0.4) is 0 Å². The zero-order valence-corrected chi connectivity index (χ0v) is 14.2. The van der Waals surface area contributed by atoms with Crippen LogP contribution < -0.4 is 4.74 Å². The summed E-state index contributed by atoms with van der Waals surface area (Å²) in [5, 5.41) is 9.55. The topological polar surface area (TPSA) is 85.3 Å². The largest absolute Gasteiger partial charge is 0.477 e. The van der Waals surface area contributed by atoms with Crippen LogP contribution in [-0.2, 0) is 22.4 Å². The van der Waals surface area contributed by atoms with Crippen LogP contribution in [0.2, 0.25) is 0 Å². The van der Waals surface area contributed by atoms with Crippen LogP contribution in [-0.4, -0.2) is 24.2 Å². The first-order valence-corrected chi connectivity index (χ1v) is 8.52. The molecule has 0 aromatic carbocycles. The molecular formula is C19H20N2O4. The van der Waals surface area contributed by atoms with Gasteiger partial charge in [-0.15, -0.1) is 0 Å². The highest BCUT2D eigenvalue weighted by Crippen LogP contribution is 2.37. The standard InChI is InChI=1S/C19H20N2O4/c1-2-23-17(22)9-5-11-25-19-15(12-20)13-6-3-7-14(13)18(21-19)16-8-4-10-24-16/h4,8,10H,2-3,5-7,9,11H2,1H3. The second kappa shape index (κ2) is 7.84. The van der Waals surface area contributed by atoms with E-state index < -0.39 is 0 Å². The highest BCUT2D eigenvalue weighted by molar-refractivity contribution is 5.69. The van der Waals surface area contributed by atoms with Gasteiger partial charge in [-0.1, -0.05) is 0 Å². The lowest BCUT2D eigenvalue weighted by atomic mass is 10.0. The zero-order chi connectivity index (χ0) is 17.6. The summed E-state index contributed by atoms with van der Waals surface area (Å²) in [5.41, 5.74) is 3.32. The Morgan fingerprint density at radius 2 is 2.24 bits per heavy atom. The maximum Gasteiger partial charge on any atom is 0.305 e. The molecule has 25 heavy (non-hydrogen) atoms. The first-order valence-electron chi connectivity index (χ1n) is 8.52. The van der Waals surface area contributed by atoms with Crippen molar-refractivity contribution < 1.29 is 18.7 Å². The molecule has 0 saturated heterocycles. The second-order valence-corrected chi connectivity index (χ2v) is 5.80. The van der Waals surface area contributed by atoms with Gasteiger partial charge in [-0.3, -0.25) is 4.79 Å². The van der Waals surface area contributed by atoms with Crippen molar-refractivity contribution in [2.45, 2.75) is 39.0 Å². The monoisotopic (exact) mass is 340 g/mol. The Hall–Kier alpha value is -2.81. The van der Waals surface area contributed by atoms with Crippen molar-refractivity contribution in [3.05, 3.63) is 35.1 Å². The molecule has 3 rings (SSSR count). The van der Waals surface area contributed by atoms with Crippen molar-refractivity contribution in [1.82, 2.24) is 4.98 Å². The van der Waals surface area contributed by atoms with Crippen molar-refractivity contribution in [2.24, 2.45) is 0 Å². The third kappa shape index (κ3) is 3.66. The van der Waals surface area contributed by atoms with Crippen molar-refractivity contribution in [3.63, 3.8) is 0 Å². The maximum atomic E-state index is 11.4. The second-order valence-electron chi connectivity index (χ2n) is 5.80. The molecular weight excluding hydrogens is 320 g/mol. The predicted octanol–water partition coefficient (Wildman–Crippen LogP) is 3.42.